The number of sulfonamides is 1. The third-order valence-corrected chi connectivity index (χ3v) is 8.03. The Morgan fingerprint density at radius 3 is 2.47 bits per heavy atom. The maximum absolute atomic E-state index is 12.9. The summed E-state index contributed by atoms with van der Waals surface area (Å²) in [5.74, 6) is -1.07. The van der Waals surface area contributed by atoms with Crippen molar-refractivity contribution < 1.29 is 22.7 Å². The van der Waals surface area contributed by atoms with Gasteiger partial charge >= 0.3 is 5.97 Å². The normalized spacial score (nSPS) is 15.1. The van der Waals surface area contributed by atoms with Crippen molar-refractivity contribution in [3.8, 4) is 0 Å². The number of amides is 1. The van der Waals surface area contributed by atoms with Gasteiger partial charge in [0.25, 0.3) is 5.91 Å². The Balaban J connectivity index is 1.53. The van der Waals surface area contributed by atoms with Crippen molar-refractivity contribution in [1.29, 1.82) is 0 Å². The smallest absolute Gasteiger partial charge is 0.338 e. The second kappa shape index (κ2) is 10.2. The number of ether oxygens (including phenoxy) is 1. The maximum Gasteiger partial charge on any atom is 0.338 e. The Morgan fingerprint density at radius 2 is 1.83 bits per heavy atom. The molecule has 1 aliphatic rings. The van der Waals surface area contributed by atoms with Gasteiger partial charge < -0.3 is 10.1 Å². The molecule has 0 radical (unpaired) electrons. The van der Waals surface area contributed by atoms with E-state index in [9.17, 15) is 18.0 Å². The molecule has 2 aromatic rings. The highest BCUT2D eigenvalue weighted by Gasteiger charge is 2.29. The van der Waals surface area contributed by atoms with Gasteiger partial charge in [0, 0.05) is 18.0 Å². The van der Waals surface area contributed by atoms with Crippen molar-refractivity contribution in [3.63, 3.8) is 0 Å². The highest BCUT2D eigenvalue weighted by molar-refractivity contribution is 7.89. The van der Waals surface area contributed by atoms with Gasteiger partial charge in [0.05, 0.1) is 17.0 Å². The average molecular weight is 451 g/mol. The van der Waals surface area contributed by atoms with Crippen LogP contribution in [0.3, 0.4) is 0 Å². The van der Waals surface area contributed by atoms with E-state index in [-0.39, 0.29) is 16.5 Å². The number of carbonyl (C=O) groups excluding carboxylic acids is 2. The molecule has 1 heterocycles. The van der Waals surface area contributed by atoms with Crippen LogP contribution in [0.2, 0.25) is 0 Å². The molecule has 162 valence electrons. The van der Waals surface area contributed by atoms with Crippen LogP contribution < -0.4 is 5.32 Å². The summed E-state index contributed by atoms with van der Waals surface area (Å²) in [6.45, 7) is -0.0101. The van der Waals surface area contributed by atoms with Crippen LogP contribution in [0.1, 0.15) is 47.3 Å². The van der Waals surface area contributed by atoms with Crippen LogP contribution >= 0.6 is 11.3 Å². The van der Waals surface area contributed by atoms with Crippen molar-refractivity contribution in [3.05, 3.63) is 52.2 Å². The Hall–Kier alpha value is -2.23. The van der Waals surface area contributed by atoms with E-state index in [0.29, 0.717) is 6.54 Å². The van der Waals surface area contributed by atoms with Crippen LogP contribution in [0.5, 0.6) is 0 Å². The molecule has 30 heavy (non-hydrogen) atoms. The zero-order valence-electron chi connectivity index (χ0n) is 16.9. The largest absolute Gasteiger partial charge is 0.452 e. The quantitative estimate of drug-likeness (QED) is 0.624. The molecular formula is C21H26N2O5S2. The van der Waals surface area contributed by atoms with Crippen molar-refractivity contribution >= 4 is 33.2 Å². The zero-order chi connectivity index (χ0) is 21.6. The fraction of sp³-hybridized carbons (Fsp3) is 0.429. The molecule has 0 unspecified atom stereocenters. The first-order valence-corrected chi connectivity index (χ1v) is 12.2. The monoisotopic (exact) mass is 450 g/mol. The Labute approximate surface area is 181 Å². The summed E-state index contributed by atoms with van der Waals surface area (Å²) in [6.07, 6.45) is 4.96. The predicted molar refractivity (Wildman–Crippen MR) is 115 cm³/mol. The van der Waals surface area contributed by atoms with Gasteiger partial charge in [0.2, 0.25) is 10.0 Å². The van der Waals surface area contributed by atoms with E-state index < -0.39 is 28.5 Å². The highest BCUT2D eigenvalue weighted by atomic mass is 32.2. The number of hydrogen-bond acceptors (Lipinski definition) is 6. The molecule has 1 amide bonds. The van der Waals surface area contributed by atoms with Gasteiger partial charge in [0.15, 0.2) is 6.61 Å². The molecule has 0 saturated heterocycles. The number of nitrogens with one attached hydrogen (secondary N) is 1. The Morgan fingerprint density at radius 1 is 1.13 bits per heavy atom. The number of thiophene rings is 1. The van der Waals surface area contributed by atoms with E-state index in [1.807, 2.05) is 17.5 Å². The summed E-state index contributed by atoms with van der Waals surface area (Å²) in [4.78, 5) is 25.1. The highest BCUT2D eigenvalue weighted by Crippen LogP contribution is 2.26. The Bertz CT molecular complexity index is 950. The van der Waals surface area contributed by atoms with Crippen LogP contribution in [0, 0.1) is 0 Å². The Kier molecular flexibility index (Phi) is 7.63. The predicted octanol–water partition coefficient (Wildman–Crippen LogP) is 3.17. The van der Waals surface area contributed by atoms with Crippen molar-refractivity contribution in [2.24, 2.45) is 0 Å². The van der Waals surface area contributed by atoms with Gasteiger partial charge in [-0.2, -0.15) is 4.31 Å². The zero-order valence-corrected chi connectivity index (χ0v) is 18.5. The van der Waals surface area contributed by atoms with Crippen LogP contribution in [-0.4, -0.2) is 44.3 Å². The topological polar surface area (TPSA) is 92.8 Å². The molecule has 3 rings (SSSR count). The van der Waals surface area contributed by atoms with Gasteiger partial charge in [0.1, 0.15) is 0 Å². The van der Waals surface area contributed by atoms with Gasteiger partial charge in [-0.25, -0.2) is 13.2 Å². The SMILES string of the molecule is CN(C1CCCCC1)S(=O)(=O)c1ccc(C(=O)OCC(=O)NCc2cccs2)cc1. The first-order valence-electron chi connectivity index (χ1n) is 9.92. The minimum atomic E-state index is -3.62. The molecule has 1 N–H and O–H groups in total. The van der Waals surface area contributed by atoms with Gasteiger partial charge in [-0.1, -0.05) is 25.3 Å². The molecule has 7 nitrogen and oxygen atoms in total. The summed E-state index contributed by atoms with van der Waals surface area (Å²) in [6, 6.07) is 9.44. The lowest BCUT2D eigenvalue weighted by Crippen LogP contribution is -2.38. The van der Waals surface area contributed by atoms with E-state index >= 15 is 0 Å². The summed E-state index contributed by atoms with van der Waals surface area (Å²) in [5.41, 5.74) is 0.195. The van der Waals surface area contributed by atoms with Crippen molar-refractivity contribution in [1.82, 2.24) is 9.62 Å². The van der Waals surface area contributed by atoms with E-state index in [1.165, 1.54) is 39.9 Å². The van der Waals surface area contributed by atoms with Crippen molar-refractivity contribution in [2.75, 3.05) is 13.7 Å². The van der Waals surface area contributed by atoms with E-state index in [0.717, 1.165) is 37.0 Å². The number of nitrogens with zero attached hydrogens (tertiary/aromatic N) is 1. The first kappa shape index (κ1) is 22.5. The van der Waals surface area contributed by atoms with Crippen LogP contribution in [0.25, 0.3) is 0 Å². The molecule has 9 heteroatoms. The molecule has 0 atom stereocenters. The van der Waals surface area contributed by atoms with Crippen LogP contribution in [0.15, 0.2) is 46.7 Å². The number of esters is 1. The maximum atomic E-state index is 12.9. The summed E-state index contributed by atoms with van der Waals surface area (Å²) < 4.78 is 32.2. The lowest BCUT2D eigenvalue weighted by atomic mass is 9.96. The second-order valence-electron chi connectivity index (χ2n) is 7.27. The van der Waals surface area contributed by atoms with Crippen LogP contribution in [0.4, 0.5) is 0 Å². The van der Waals surface area contributed by atoms with E-state index in [2.05, 4.69) is 5.32 Å². The van der Waals surface area contributed by atoms with Crippen LogP contribution in [-0.2, 0) is 26.1 Å². The molecule has 0 bridgehead atoms. The average Bonchev–Trinajstić information content (AvgIpc) is 3.30. The summed E-state index contributed by atoms with van der Waals surface area (Å²) >= 11 is 1.53. The fourth-order valence-electron chi connectivity index (χ4n) is 3.43. The van der Waals surface area contributed by atoms with E-state index in [1.54, 1.807) is 7.05 Å². The summed E-state index contributed by atoms with van der Waals surface area (Å²) in [7, 11) is -2.00. The molecule has 0 aliphatic heterocycles. The molecule has 1 aliphatic carbocycles. The minimum absolute atomic E-state index is 0.0149. The molecular weight excluding hydrogens is 424 g/mol. The summed E-state index contributed by atoms with van der Waals surface area (Å²) in [5, 5.41) is 4.59. The molecule has 1 aromatic heterocycles. The third-order valence-electron chi connectivity index (χ3n) is 5.23. The number of carbonyl (C=O) groups is 2. The first-order chi connectivity index (χ1) is 14.4. The molecule has 1 aromatic carbocycles. The number of hydrogen-bond donors (Lipinski definition) is 1. The van der Waals surface area contributed by atoms with E-state index in [4.69, 9.17) is 4.74 Å². The van der Waals surface area contributed by atoms with Crippen molar-refractivity contribution in [2.45, 2.75) is 49.6 Å². The van der Waals surface area contributed by atoms with Gasteiger partial charge in [-0.15, -0.1) is 11.3 Å². The lowest BCUT2D eigenvalue weighted by molar-refractivity contribution is -0.124. The number of benzene rings is 1. The lowest BCUT2D eigenvalue weighted by Gasteiger charge is -2.30. The molecule has 1 fully saturated rings. The second-order valence-corrected chi connectivity index (χ2v) is 10.3. The number of rotatable bonds is 8. The third kappa shape index (κ3) is 5.68. The minimum Gasteiger partial charge on any atom is -0.452 e. The van der Waals surface area contributed by atoms with Gasteiger partial charge in [-0.3, -0.25) is 4.79 Å². The molecule has 0 spiro atoms. The fourth-order valence-corrected chi connectivity index (χ4v) is 5.49. The van der Waals surface area contributed by atoms with Gasteiger partial charge in [-0.05, 0) is 48.6 Å². The standard InChI is InChI=1S/C21H26N2O5S2/c1-23(17-6-3-2-4-7-17)30(26,27)19-11-9-16(10-12-19)21(25)28-15-20(24)22-14-18-8-5-13-29-18/h5,8-13,17H,2-4,6-7,14-15H2,1H3,(H,22,24). The molecule has 1 saturated carbocycles.